The molecule has 138 valence electrons. The van der Waals surface area contributed by atoms with E-state index in [1.54, 1.807) is 11.3 Å². The molecule has 4 nitrogen and oxygen atoms in total. The Balaban J connectivity index is 1.23. The minimum atomic E-state index is -0.472. The first kappa shape index (κ1) is 17.0. The summed E-state index contributed by atoms with van der Waals surface area (Å²) < 4.78 is 6.96. The maximum Gasteiger partial charge on any atom is 0.265 e. The number of rotatable bonds is 4. The number of benzene rings is 3. The largest absolute Gasteiger partial charge is 0.480 e. The first-order valence-electron chi connectivity index (χ1n) is 9.23. The molecule has 0 spiro atoms. The quantitative estimate of drug-likeness (QED) is 0.547. The van der Waals surface area contributed by atoms with Crippen molar-refractivity contribution in [3.05, 3.63) is 88.9 Å². The maximum absolute atomic E-state index is 12.5. The molecule has 3 aromatic carbocycles. The van der Waals surface area contributed by atoms with Gasteiger partial charge in [-0.2, -0.15) is 0 Å². The molecule has 1 aliphatic heterocycles. The fraction of sp³-hybridized carbons (Fsp3) is 0.130. The molecule has 28 heavy (non-hydrogen) atoms. The molecular weight excluding hydrogens is 368 g/mol. The molecular formula is C23H18N2O2S. The van der Waals surface area contributed by atoms with Crippen molar-refractivity contribution < 1.29 is 9.53 Å². The van der Waals surface area contributed by atoms with E-state index in [1.807, 2.05) is 66.7 Å². The highest BCUT2D eigenvalue weighted by Gasteiger charge is 2.28. The number of nitrogens with zero attached hydrogens (tertiary/aromatic N) is 1. The summed E-state index contributed by atoms with van der Waals surface area (Å²) in [4.78, 5) is 17.2. The first-order valence-corrected chi connectivity index (χ1v) is 10.0. The van der Waals surface area contributed by atoms with E-state index < -0.39 is 6.10 Å². The Morgan fingerprint density at radius 2 is 1.82 bits per heavy atom. The van der Waals surface area contributed by atoms with Gasteiger partial charge >= 0.3 is 0 Å². The van der Waals surface area contributed by atoms with Crippen molar-refractivity contribution in [1.29, 1.82) is 0 Å². The van der Waals surface area contributed by atoms with Crippen LogP contribution in [-0.4, -0.2) is 17.0 Å². The van der Waals surface area contributed by atoms with Gasteiger partial charge in [-0.3, -0.25) is 4.79 Å². The highest BCUT2D eigenvalue weighted by atomic mass is 32.1. The topological polar surface area (TPSA) is 51.2 Å². The van der Waals surface area contributed by atoms with Crippen molar-refractivity contribution in [1.82, 2.24) is 4.98 Å². The van der Waals surface area contributed by atoms with Gasteiger partial charge in [0.15, 0.2) is 6.10 Å². The third kappa shape index (κ3) is 3.37. The summed E-state index contributed by atoms with van der Waals surface area (Å²) >= 11 is 1.72. The number of carbonyl (C=O) groups is 1. The van der Waals surface area contributed by atoms with Crippen LogP contribution >= 0.6 is 11.3 Å². The van der Waals surface area contributed by atoms with Crippen LogP contribution in [0.25, 0.3) is 10.2 Å². The Kier molecular flexibility index (Phi) is 4.29. The number of ether oxygens (including phenoxy) is 1. The average Bonchev–Trinajstić information content (AvgIpc) is 3.33. The lowest BCUT2D eigenvalue weighted by Gasteiger charge is -2.11. The molecule has 0 saturated carbocycles. The predicted molar refractivity (Wildman–Crippen MR) is 112 cm³/mol. The fourth-order valence-electron chi connectivity index (χ4n) is 3.43. The van der Waals surface area contributed by atoms with Crippen LogP contribution in [0.15, 0.2) is 72.8 Å². The SMILES string of the molecule is O=C(Nc1ccc(Cc2nc3ccccc3s2)cc1)C1Cc2ccccc2O1. The number of fused-ring (bicyclic) bond motifs is 2. The van der Waals surface area contributed by atoms with Crippen molar-refractivity contribution in [3.8, 4) is 5.75 Å². The van der Waals surface area contributed by atoms with E-state index in [1.165, 1.54) is 10.3 Å². The van der Waals surface area contributed by atoms with Gasteiger partial charge in [0.2, 0.25) is 0 Å². The van der Waals surface area contributed by atoms with E-state index in [9.17, 15) is 4.79 Å². The summed E-state index contributed by atoms with van der Waals surface area (Å²) in [6, 6.07) is 23.9. The van der Waals surface area contributed by atoms with E-state index in [-0.39, 0.29) is 5.91 Å². The van der Waals surface area contributed by atoms with E-state index in [4.69, 9.17) is 4.74 Å². The van der Waals surface area contributed by atoms with Crippen LogP contribution in [0, 0.1) is 0 Å². The highest BCUT2D eigenvalue weighted by Crippen LogP contribution is 2.29. The third-order valence-corrected chi connectivity index (χ3v) is 5.89. The third-order valence-electron chi connectivity index (χ3n) is 4.85. The summed E-state index contributed by atoms with van der Waals surface area (Å²) in [5.41, 5.74) is 4.07. The molecule has 1 unspecified atom stereocenters. The van der Waals surface area contributed by atoms with Crippen molar-refractivity contribution in [2.45, 2.75) is 18.9 Å². The fourth-order valence-corrected chi connectivity index (χ4v) is 4.43. The van der Waals surface area contributed by atoms with Crippen molar-refractivity contribution in [3.63, 3.8) is 0 Å². The van der Waals surface area contributed by atoms with Gasteiger partial charge < -0.3 is 10.1 Å². The number of aromatic nitrogens is 1. The molecule has 1 amide bonds. The molecule has 4 aromatic rings. The zero-order valence-electron chi connectivity index (χ0n) is 15.1. The minimum Gasteiger partial charge on any atom is -0.480 e. The van der Waals surface area contributed by atoms with Gasteiger partial charge in [-0.1, -0.05) is 42.5 Å². The second kappa shape index (κ2) is 7.09. The molecule has 1 atom stereocenters. The summed E-state index contributed by atoms with van der Waals surface area (Å²) in [7, 11) is 0. The molecule has 1 aliphatic rings. The Morgan fingerprint density at radius 3 is 2.64 bits per heavy atom. The zero-order chi connectivity index (χ0) is 18.9. The van der Waals surface area contributed by atoms with Crippen LogP contribution in [0.2, 0.25) is 0 Å². The molecule has 0 saturated heterocycles. The van der Waals surface area contributed by atoms with E-state index in [0.29, 0.717) is 6.42 Å². The number of nitrogens with one attached hydrogen (secondary N) is 1. The monoisotopic (exact) mass is 386 g/mol. The molecule has 0 fully saturated rings. The van der Waals surface area contributed by atoms with Crippen LogP contribution in [0.1, 0.15) is 16.1 Å². The summed E-state index contributed by atoms with van der Waals surface area (Å²) in [5, 5.41) is 4.05. The van der Waals surface area contributed by atoms with Crippen molar-refractivity contribution >= 4 is 33.1 Å². The van der Waals surface area contributed by atoms with E-state index >= 15 is 0 Å². The average molecular weight is 386 g/mol. The number of anilines is 1. The summed E-state index contributed by atoms with van der Waals surface area (Å²) in [5.74, 6) is 0.684. The number of thiazole rings is 1. The molecule has 0 aliphatic carbocycles. The molecule has 0 radical (unpaired) electrons. The molecule has 2 heterocycles. The van der Waals surface area contributed by atoms with Gasteiger partial charge in [0, 0.05) is 18.5 Å². The Bertz CT molecular complexity index is 1090. The Morgan fingerprint density at radius 1 is 1.04 bits per heavy atom. The molecule has 5 rings (SSSR count). The van der Waals surface area contributed by atoms with Crippen LogP contribution in [0.5, 0.6) is 5.75 Å². The summed E-state index contributed by atoms with van der Waals surface area (Å²) in [6.45, 7) is 0. The van der Waals surface area contributed by atoms with Gasteiger partial charge in [-0.25, -0.2) is 4.98 Å². The first-order chi connectivity index (χ1) is 13.7. The molecule has 1 aromatic heterocycles. The van der Waals surface area contributed by atoms with Gasteiger partial charge in [-0.05, 0) is 41.5 Å². The number of carbonyl (C=O) groups excluding carboxylic acids is 1. The van der Waals surface area contributed by atoms with Crippen LogP contribution in [-0.2, 0) is 17.6 Å². The molecule has 5 heteroatoms. The van der Waals surface area contributed by atoms with E-state index in [2.05, 4.69) is 16.4 Å². The predicted octanol–water partition coefficient (Wildman–Crippen LogP) is 4.83. The molecule has 1 N–H and O–H groups in total. The smallest absolute Gasteiger partial charge is 0.265 e. The minimum absolute atomic E-state index is 0.116. The maximum atomic E-state index is 12.5. The second-order valence-corrected chi connectivity index (χ2v) is 7.97. The zero-order valence-corrected chi connectivity index (χ0v) is 15.9. The lowest BCUT2D eigenvalue weighted by atomic mass is 10.1. The van der Waals surface area contributed by atoms with Crippen LogP contribution in [0.3, 0.4) is 0 Å². The summed E-state index contributed by atoms with van der Waals surface area (Å²) in [6.07, 6.45) is 0.923. The Hall–Kier alpha value is -3.18. The van der Waals surface area contributed by atoms with Crippen LogP contribution < -0.4 is 10.1 Å². The van der Waals surface area contributed by atoms with Gasteiger partial charge in [0.05, 0.1) is 15.2 Å². The van der Waals surface area contributed by atoms with Crippen molar-refractivity contribution in [2.24, 2.45) is 0 Å². The van der Waals surface area contributed by atoms with Gasteiger partial charge in [-0.15, -0.1) is 11.3 Å². The molecule has 0 bridgehead atoms. The van der Waals surface area contributed by atoms with Crippen LogP contribution in [0.4, 0.5) is 5.69 Å². The normalized spacial score (nSPS) is 15.2. The van der Waals surface area contributed by atoms with Crippen molar-refractivity contribution in [2.75, 3.05) is 5.32 Å². The van der Waals surface area contributed by atoms with Gasteiger partial charge in [0.1, 0.15) is 5.75 Å². The number of para-hydroxylation sites is 2. The number of hydrogen-bond acceptors (Lipinski definition) is 4. The lowest BCUT2D eigenvalue weighted by molar-refractivity contribution is -0.122. The van der Waals surface area contributed by atoms with E-state index in [0.717, 1.165) is 33.9 Å². The Labute approximate surface area is 166 Å². The lowest BCUT2D eigenvalue weighted by Crippen LogP contribution is -2.31. The number of amides is 1. The number of hydrogen-bond donors (Lipinski definition) is 1. The highest BCUT2D eigenvalue weighted by molar-refractivity contribution is 7.18. The standard InChI is InChI=1S/C23H18N2O2S/c26-23(20-14-16-5-1-3-7-19(16)27-20)24-17-11-9-15(10-12-17)13-22-25-18-6-2-4-8-21(18)28-22/h1-12,20H,13-14H2,(H,24,26). The van der Waals surface area contributed by atoms with Gasteiger partial charge in [0.25, 0.3) is 5.91 Å². The second-order valence-electron chi connectivity index (χ2n) is 6.86.